The molecule has 3 rings (SSSR count). The van der Waals surface area contributed by atoms with Crippen molar-refractivity contribution in [3.8, 4) is 0 Å². The standard InChI is InChI=1S/C16H24N2O2/c1-19-14-9-18(10-15(14)20-2)16(11-17)7-12-5-3-4-6-13(12)8-16/h3-6,14-15H,7-11,17H2,1-2H3. The molecule has 2 atom stereocenters. The minimum Gasteiger partial charge on any atom is -0.377 e. The van der Waals surface area contributed by atoms with Crippen LogP contribution in [0, 0.1) is 0 Å². The van der Waals surface area contributed by atoms with Gasteiger partial charge in [-0.2, -0.15) is 0 Å². The summed E-state index contributed by atoms with van der Waals surface area (Å²) in [4.78, 5) is 2.48. The lowest BCUT2D eigenvalue weighted by molar-refractivity contribution is -0.00461. The zero-order valence-corrected chi connectivity index (χ0v) is 12.3. The quantitative estimate of drug-likeness (QED) is 0.885. The second-order valence-corrected chi connectivity index (χ2v) is 6.00. The van der Waals surface area contributed by atoms with Crippen LogP contribution in [-0.2, 0) is 22.3 Å². The van der Waals surface area contributed by atoms with Gasteiger partial charge in [0.2, 0.25) is 0 Å². The molecule has 0 aromatic heterocycles. The van der Waals surface area contributed by atoms with E-state index in [1.54, 1.807) is 14.2 Å². The number of likely N-dealkylation sites (tertiary alicyclic amines) is 1. The highest BCUT2D eigenvalue weighted by atomic mass is 16.5. The molecule has 0 saturated carbocycles. The topological polar surface area (TPSA) is 47.7 Å². The van der Waals surface area contributed by atoms with E-state index in [9.17, 15) is 0 Å². The summed E-state index contributed by atoms with van der Waals surface area (Å²) in [5.74, 6) is 0. The predicted octanol–water partition coefficient (Wildman–Crippen LogP) is 0.828. The maximum absolute atomic E-state index is 6.18. The summed E-state index contributed by atoms with van der Waals surface area (Å²) in [6.07, 6.45) is 2.36. The first-order valence-corrected chi connectivity index (χ1v) is 7.30. The van der Waals surface area contributed by atoms with E-state index >= 15 is 0 Å². The van der Waals surface area contributed by atoms with Crippen LogP contribution in [0.25, 0.3) is 0 Å². The van der Waals surface area contributed by atoms with Gasteiger partial charge >= 0.3 is 0 Å². The van der Waals surface area contributed by atoms with Crippen molar-refractivity contribution in [2.24, 2.45) is 5.73 Å². The van der Waals surface area contributed by atoms with Crippen LogP contribution >= 0.6 is 0 Å². The van der Waals surface area contributed by atoms with Crippen molar-refractivity contribution in [2.45, 2.75) is 30.6 Å². The van der Waals surface area contributed by atoms with Gasteiger partial charge in [0.25, 0.3) is 0 Å². The number of rotatable bonds is 4. The fourth-order valence-corrected chi connectivity index (χ4v) is 3.76. The first-order valence-electron chi connectivity index (χ1n) is 7.30. The molecule has 0 bridgehead atoms. The molecule has 1 aromatic rings. The molecule has 1 heterocycles. The van der Waals surface area contributed by atoms with Gasteiger partial charge < -0.3 is 15.2 Å². The van der Waals surface area contributed by atoms with Crippen molar-refractivity contribution in [3.63, 3.8) is 0 Å². The van der Waals surface area contributed by atoms with Gasteiger partial charge in [-0.25, -0.2) is 0 Å². The van der Waals surface area contributed by atoms with Gasteiger partial charge in [-0.1, -0.05) is 24.3 Å². The molecule has 4 heteroatoms. The molecule has 1 aromatic carbocycles. The van der Waals surface area contributed by atoms with Gasteiger partial charge in [0.05, 0.1) is 12.2 Å². The summed E-state index contributed by atoms with van der Waals surface area (Å²) in [7, 11) is 3.53. The number of methoxy groups -OCH3 is 2. The Labute approximate surface area is 120 Å². The lowest BCUT2D eigenvalue weighted by Crippen LogP contribution is -2.54. The Balaban J connectivity index is 1.82. The second-order valence-electron chi connectivity index (χ2n) is 6.00. The van der Waals surface area contributed by atoms with Crippen molar-refractivity contribution in [2.75, 3.05) is 33.9 Å². The predicted molar refractivity (Wildman–Crippen MR) is 78.8 cm³/mol. The van der Waals surface area contributed by atoms with Crippen LogP contribution in [0.4, 0.5) is 0 Å². The molecule has 110 valence electrons. The molecule has 2 N–H and O–H groups in total. The van der Waals surface area contributed by atoms with E-state index in [2.05, 4.69) is 29.2 Å². The summed E-state index contributed by atoms with van der Waals surface area (Å²) in [6, 6.07) is 8.69. The summed E-state index contributed by atoms with van der Waals surface area (Å²) in [5.41, 5.74) is 9.09. The zero-order valence-electron chi connectivity index (χ0n) is 12.3. The van der Waals surface area contributed by atoms with Crippen molar-refractivity contribution in [3.05, 3.63) is 35.4 Å². The van der Waals surface area contributed by atoms with Gasteiger partial charge in [-0.15, -0.1) is 0 Å². The third-order valence-electron chi connectivity index (χ3n) is 5.03. The van der Waals surface area contributed by atoms with E-state index in [0.29, 0.717) is 6.54 Å². The third kappa shape index (κ3) is 2.17. The maximum Gasteiger partial charge on any atom is 0.0972 e. The van der Waals surface area contributed by atoms with Crippen molar-refractivity contribution >= 4 is 0 Å². The molecular weight excluding hydrogens is 252 g/mol. The third-order valence-corrected chi connectivity index (χ3v) is 5.03. The van der Waals surface area contributed by atoms with Crippen LogP contribution in [0.2, 0.25) is 0 Å². The molecule has 1 aliphatic heterocycles. The Kier molecular flexibility index (Phi) is 3.82. The molecule has 0 amide bonds. The molecule has 4 nitrogen and oxygen atoms in total. The van der Waals surface area contributed by atoms with Gasteiger partial charge in [-0.3, -0.25) is 4.90 Å². The number of hydrogen-bond donors (Lipinski definition) is 1. The highest BCUT2D eigenvalue weighted by Crippen LogP contribution is 2.36. The highest BCUT2D eigenvalue weighted by Gasteiger charge is 2.47. The van der Waals surface area contributed by atoms with Crippen LogP contribution < -0.4 is 5.73 Å². The zero-order chi connectivity index (χ0) is 14.2. The average Bonchev–Trinajstić information content (AvgIpc) is 3.08. The molecule has 1 fully saturated rings. The lowest BCUT2D eigenvalue weighted by Gasteiger charge is -2.38. The van der Waals surface area contributed by atoms with Crippen molar-refractivity contribution < 1.29 is 9.47 Å². The number of hydrogen-bond acceptors (Lipinski definition) is 4. The van der Waals surface area contributed by atoms with Gasteiger partial charge in [0, 0.05) is 39.4 Å². The Bertz CT molecular complexity index is 440. The van der Waals surface area contributed by atoms with E-state index in [1.165, 1.54) is 11.1 Å². The number of nitrogens with zero attached hydrogens (tertiary/aromatic N) is 1. The fraction of sp³-hybridized carbons (Fsp3) is 0.625. The summed E-state index contributed by atoms with van der Waals surface area (Å²) >= 11 is 0. The highest BCUT2D eigenvalue weighted by molar-refractivity contribution is 5.37. The second kappa shape index (κ2) is 5.45. The molecule has 20 heavy (non-hydrogen) atoms. The number of ether oxygens (including phenoxy) is 2. The molecule has 1 saturated heterocycles. The summed E-state index contributed by atoms with van der Waals surface area (Å²) in [6.45, 7) is 2.48. The van der Waals surface area contributed by atoms with E-state index in [4.69, 9.17) is 15.2 Å². The monoisotopic (exact) mass is 276 g/mol. The Morgan fingerprint density at radius 1 is 1.10 bits per heavy atom. The molecular formula is C16H24N2O2. The largest absolute Gasteiger partial charge is 0.377 e. The maximum atomic E-state index is 6.18. The van der Waals surface area contributed by atoms with Crippen molar-refractivity contribution in [1.82, 2.24) is 4.90 Å². The van der Waals surface area contributed by atoms with Crippen LogP contribution in [-0.4, -0.2) is 56.5 Å². The van der Waals surface area contributed by atoms with E-state index in [-0.39, 0.29) is 17.7 Å². The summed E-state index contributed by atoms with van der Waals surface area (Å²) < 4.78 is 11.1. The normalized spacial score (nSPS) is 28.8. The molecule has 2 aliphatic rings. The number of benzene rings is 1. The summed E-state index contributed by atoms with van der Waals surface area (Å²) in [5, 5.41) is 0. The minimum absolute atomic E-state index is 0.0355. The Hall–Kier alpha value is -0.940. The van der Waals surface area contributed by atoms with Gasteiger partial charge in [0.15, 0.2) is 0 Å². The first-order chi connectivity index (χ1) is 9.72. The fourth-order valence-electron chi connectivity index (χ4n) is 3.76. The SMILES string of the molecule is COC1CN(C2(CN)Cc3ccccc3C2)CC1OC. The minimum atomic E-state index is 0.0355. The van der Waals surface area contributed by atoms with Crippen molar-refractivity contribution in [1.29, 1.82) is 0 Å². The molecule has 0 spiro atoms. The van der Waals surface area contributed by atoms with Gasteiger partial charge in [-0.05, 0) is 24.0 Å². The Morgan fingerprint density at radius 2 is 1.60 bits per heavy atom. The van der Waals surface area contributed by atoms with E-state index in [1.807, 2.05) is 0 Å². The lowest BCUT2D eigenvalue weighted by atomic mass is 9.93. The van der Waals surface area contributed by atoms with Crippen LogP contribution in [0.5, 0.6) is 0 Å². The number of fused-ring (bicyclic) bond motifs is 1. The number of nitrogens with two attached hydrogens (primary N) is 1. The van der Waals surface area contributed by atoms with Gasteiger partial charge in [0.1, 0.15) is 0 Å². The van der Waals surface area contributed by atoms with Crippen LogP contribution in [0.1, 0.15) is 11.1 Å². The van der Waals surface area contributed by atoms with E-state index < -0.39 is 0 Å². The first kappa shape index (κ1) is 14.0. The molecule has 0 radical (unpaired) electrons. The Morgan fingerprint density at radius 3 is 2.00 bits per heavy atom. The van der Waals surface area contributed by atoms with Crippen LogP contribution in [0.15, 0.2) is 24.3 Å². The smallest absolute Gasteiger partial charge is 0.0972 e. The molecule has 1 aliphatic carbocycles. The molecule has 2 unspecified atom stereocenters. The van der Waals surface area contributed by atoms with Crippen LogP contribution in [0.3, 0.4) is 0 Å². The van der Waals surface area contributed by atoms with E-state index in [0.717, 1.165) is 25.9 Å². The average molecular weight is 276 g/mol.